The Morgan fingerprint density at radius 3 is 1.87 bits per heavy atom. The van der Waals surface area contributed by atoms with Crippen LogP contribution in [0.1, 0.15) is 11.6 Å². The fraction of sp³-hybridized carbons (Fsp3) is 0.250. The lowest BCUT2D eigenvalue weighted by Gasteiger charge is -2.16. The van der Waals surface area contributed by atoms with E-state index in [-0.39, 0.29) is 29.0 Å². The minimum atomic E-state index is -1.95. The van der Waals surface area contributed by atoms with Gasteiger partial charge in [0.15, 0.2) is 17.5 Å². The van der Waals surface area contributed by atoms with Crippen LogP contribution in [-0.2, 0) is 7.59 Å². The number of nitrogens with zero attached hydrogens (tertiary/aromatic N) is 3. The molecular formula is C12H7Cl6N3O2. The largest absolute Gasteiger partial charge is 0.508 e. The number of benzene rings is 1. The third kappa shape index (κ3) is 4.56. The van der Waals surface area contributed by atoms with E-state index in [9.17, 15) is 5.11 Å². The molecule has 0 aliphatic carbocycles. The Morgan fingerprint density at radius 2 is 1.43 bits per heavy atom. The Kier molecular flexibility index (Phi) is 5.61. The molecule has 124 valence electrons. The zero-order chi connectivity index (χ0) is 17.4. The molecule has 11 heteroatoms. The van der Waals surface area contributed by atoms with Crippen molar-refractivity contribution in [3.8, 4) is 22.9 Å². The third-order valence-electron chi connectivity index (χ3n) is 2.57. The molecule has 0 bridgehead atoms. The molecule has 0 aliphatic heterocycles. The van der Waals surface area contributed by atoms with Gasteiger partial charge in [0.05, 0.1) is 12.7 Å². The number of methoxy groups -OCH3 is 1. The Labute approximate surface area is 161 Å². The van der Waals surface area contributed by atoms with E-state index in [1.807, 2.05) is 0 Å². The normalized spacial score (nSPS) is 12.3. The van der Waals surface area contributed by atoms with Gasteiger partial charge < -0.3 is 9.84 Å². The van der Waals surface area contributed by atoms with Gasteiger partial charge in [0.1, 0.15) is 11.5 Å². The Bertz CT molecular complexity index is 697. The van der Waals surface area contributed by atoms with Gasteiger partial charge in [-0.2, -0.15) is 0 Å². The van der Waals surface area contributed by atoms with E-state index in [0.29, 0.717) is 5.56 Å². The van der Waals surface area contributed by atoms with Crippen LogP contribution in [0.5, 0.6) is 11.5 Å². The van der Waals surface area contributed by atoms with Crippen molar-refractivity contribution in [3.05, 3.63) is 29.8 Å². The average molecular weight is 438 g/mol. The Morgan fingerprint density at radius 1 is 0.913 bits per heavy atom. The maximum atomic E-state index is 9.52. The number of aromatic nitrogens is 3. The van der Waals surface area contributed by atoms with Crippen LogP contribution >= 0.6 is 69.6 Å². The lowest BCUT2D eigenvalue weighted by Crippen LogP contribution is -2.17. The number of rotatable bonds is 2. The summed E-state index contributed by atoms with van der Waals surface area (Å²) in [7, 11) is 1.41. The molecule has 1 N–H and O–H groups in total. The first-order chi connectivity index (χ1) is 10.5. The minimum Gasteiger partial charge on any atom is -0.508 e. The molecule has 5 nitrogen and oxygen atoms in total. The number of ether oxygens (including phenoxy) is 1. The molecule has 1 aromatic carbocycles. The summed E-state index contributed by atoms with van der Waals surface area (Å²) in [6, 6.07) is 4.28. The molecule has 0 amide bonds. The van der Waals surface area contributed by atoms with Crippen LogP contribution in [-0.4, -0.2) is 27.2 Å². The van der Waals surface area contributed by atoms with Crippen molar-refractivity contribution in [2.24, 2.45) is 0 Å². The highest BCUT2D eigenvalue weighted by Crippen LogP contribution is 2.41. The predicted molar refractivity (Wildman–Crippen MR) is 92.0 cm³/mol. The monoisotopic (exact) mass is 435 g/mol. The van der Waals surface area contributed by atoms with Crippen LogP contribution in [0.2, 0.25) is 0 Å². The molecular weight excluding hydrogens is 431 g/mol. The Balaban J connectivity index is 2.72. The van der Waals surface area contributed by atoms with Crippen molar-refractivity contribution < 1.29 is 9.84 Å². The molecule has 0 fully saturated rings. The number of hydrogen-bond donors (Lipinski definition) is 1. The summed E-state index contributed by atoms with van der Waals surface area (Å²) >= 11 is 34.9. The molecule has 2 aromatic rings. The van der Waals surface area contributed by atoms with E-state index < -0.39 is 7.59 Å². The second kappa shape index (κ2) is 6.82. The molecule has 0 unspecified atom stereocenters. The highest BCUT2D eigenvalue weighted by Gasteiger charge is 2.34. The van der Waals surface area contributed by atoms with Crippen LogP contribution in [0.3, 0.4) is 0 Å². The maximum absolute atomic E-state index is 9.52. The molecule has 0 radical (unpaired) electrons. The van der Waals surface area contributed by atoms with Crippen molar-refractivity contribution in [3.63, 3.8) is 0 Å². The van der Waals surface area contributed by atoms with Crippen LogP contribution in [0.15, 0.2) is 18.2 Å². The van der Waals surface area contributed by atoms with Gasteiger partial charge in [-0.05, 0) is 12.1 Å². The van der Waals surface area contributed by atoms with Crippen LogP contribution in [0.4, 0.5) is 0 Å². The number of alkyl halides is 6. The van der Waals surface area contributed by atoms with Crippen molar-refractivity contribution in [2.45, 2.75) is 7.59 Å². The number of aromatic hydroxyl groups is 1. The molecule has 1 heterocycles. The quantitative estimate of drug-likeness (QED) is 0.676. The second-order valence-electron chi connectivity index (χ2n) is 4.19. The molecule has 23 heavy (non-hydrogen) atoms. The number of halogens is 6. The van der Waals surface area contributed by atoms with Gasteiger partial charge in [-0.3, -0.25) is 0 Å². The lowest BCUT2D eigenvalue weighted by atomic mass is 10.1. The highest BCUT2D eigenvalue weighted by molar-refractivity contribution is 6.67. The van der Waals surface area contributed by atoms with Crippen molar-refractivity contribution >= 4 is 69.6 Å². The number of phenolic OH excluding ortho intramolecular Hbond substituents is 1. The van der Waals surface area contributed by atoms with Crippen molar-refractivity contribution in [2.75, 3.05) is 7.11 Å². The van der Waals surface area contributed by atoms with Gasteiger partial charge in [0, 0.05) is 6.07 Å². The first kappa shape index (κ1) is 18.9. The molecule has 0 aliphatic rings. The van der Waals surface area contributed by atoms with Gasteiger partial charge in [0.2, 0.25) is 7.59 Å². The van der Waals surface area contributed by atoms with E-state index in [1.54, 1.807) is 0 Å². The molecule has 0 saturated carbocycles. The van der Waals surface area contributed by atoms with Gasteiger partial charge in [-0.1, -0.05) is 69.6 Å². The molecule has 1 aromatic heterocycles. The maximum Gasteiger partial charge on any atom is 0.250 e. The summed E-state index contributed by atoms with van der Waals surface area (Å²) in [6.45, 7) is 0. The summed E-state index contributed by atoms with van der Waals surface area (Å²) in [6.07, 6.45) is 0. The zero-order valence-electron chi connectivity index (χ0n) is 11.2. The highest BCUT2D eigenvalue weighted by atomic mass is 35.6. The lowest BCUT2D eigenvalue weighted by molar-refractivity contribution is 0.409. The van der Waals surface area contributed by atoms with E-state index in [0.717, 1.165) is 0 Å². The third-order valence-corrected chi connectivity index (χ3v) is 3.58. The number of hydrogen-bond acceptors (Lipinski definition) is 5. The van der Waals surface area contributed by atoms with Gasteiger partial charge in [-0.15, -0.1) is 0 Å². The molecule has 0 atom stereocenters. The van der Waals surface area contributed by atoms with Crippen LogP contribution < -0.4 is 4.74 Å². The van der Waals surface area contributed by atoms with Crippen LogP contribution in [0.25, 0.3) is 11.4 Å². The van der Waals surface area contributed by atoms with Gasteiger partial charge >= 0.3 is 0 Å². The summed E-state index contributed by atoms with van der Waals surface area (Å²) in [5.74, 6) is -0.114. The summed E-state index contributed by atoms with van der Waals surface area (Å²) in [5, 5.41) is 9.52. The molecule has 0 saturated heterocycles. The first-order valence-electron chi connectivity index (χ1n) is 5.80. The fourth-order valence-electron chi connectivity index (χ4n) is 1.61. The second-order valence-corrected chi connectivity index (χ2v) is 8.75. The van der Waals surface area contributed by atoms with E-state index >= 15 is 0 Å². The van der Waals surface area contributed by atoms with E-state index in [1.165, 1.54) is 25.3 Å². The fourth-order valence-corrected chi connectivity index (χ4v) is 2.12. The SMILES string of the molecule is COc1cc(O)ccc1-c1nc(C(Cl)(Cl)Cl)nc(C(Cl)(Cl)Cl)n1. The predicted octanol–water partition coefficient (Wildman–Crippen LogP) is 4.91. The number of phenols is 1. The topological polar surface area (TPSA) is 68.1 Å². The van der Waals surface area contributed by atoms with E-state index in [2.05, 4.69) is 15.0 Å². The van der Waals surface area contributed by atoms with E-state index in [4.69, 9.17) is 74.3 Å². The smallest absolute Gasteiger partial charge is 0.250 e. The summed E-state index contributed by atoms with van der Waals surface area (Å²) in [5.41, 5.74) is 0.388. The molecule has 0 spiro atoms. The average Bonchev–Trinajstić information content (AvgIpc) is 2.44. The minimum absolute atomic E-state index is 0.0112. The Hall–Kier alpha value is -0.430. The summed E-state index contributed by atoms with van der Waals surface area (Å²) in [4.78, 5) is 12.0. The van der Waals surface area contributed by atoms with Gasteiger partial charge in [0.25, 0.3) is 0 Å². The standard InChI is InChI=1S/C12H7Cl6N3O2/c1-23-7-4-5(22)2-3-6(7)8-19-9(11(13,14)15)21-10(20-8)12(16,17)18/h2-4,22H,1H3. The van der Waals surface area contributed by atoms with Gasteiger partial charge in [-0.25, -0.2) is 15.0 Å². The zero-order valence-corrected chi connectivity index (χ0v) is 15.7. The van der Waals surface area contributed by atoms with Crippen LogP contribution in [0, 0.1) is 0 Å². The first-order valence-corrected chi connectivity index (χ1v) is 8.07. The summed E-state index contributed by atoms with van der Waals surface area (Å²) < 4.78 is 1.27. The molecule has 2 rings (SSSR count). The van der Waals surface area contributed by atoms with Crippen molar-refractivity contribution in [1.82, 2.24) is 15.0 Å². The van der Waals surface area contributed by atoms with Crippen molar-refractivity contribution in [1.29, 1.82) is 0 Å².